The van der Waals surface area contributed by atoms with Crippen LogP contribution in [0.2, 0.25) is 0 Å². The van der Waals surface area contributed by atoms with Gasteiger partial charge in [-0.2, -0.15) is 0 Å². The molecule has 0 heterocycles. The Bertz CT molecular complexity index is 612. The second kappa shape index (κ2) is 8.11. The summed E-state index contributed by atoms with van der Waals surface area (Å²) in [5.74, 6) is 5.75. The zero-order chi connectivity index (χ0) is 15.1. The summed E-state index contributed by atoms with van der Waals surface area (Å²) >= 11 is 0. The van der Waals surface area contributed by atoms with Crippen LogP contribution in [0.15, 0.2) is 23.1 Å². The van der Waals surface area contributed by atoms with Gasteiger partial charge >= 0.3 is 122 Å². The first-order chi connectivity index (χ1) is 9.47. The minimum atomic E-state index is -1.20. The number of carbonyl (C=O) groups excluding carboxylic acids is 1. The van der Waals surface area contributed by atoms with Gasteiger partial charge < -0.3 is 0 Å². The SMILES string of the molecule is CC(C)C(=O)c1cc(C#CCCCO)ccc1[S-](C)#[O+]. The Hall–Kier alpha value is -1.28. The summed E-state index contributed by atoms with van der Waals surface area (Å²) in [6.45, 7) is 3.77. The van der Waals surface area contributed by atoms with Crippen molar-refractivity contribution in [2.24, 2.45) is 5.92 Å². The molecule has 1 aromatic carbocycles. The van der Waals surface area contributed by atoms with E-state index >= 15 is 0 Å². The third-order valence-corrected chi connectivity index (χ3v) is 3.75. The number of benzene rings is 1. The van der Waals surface area contributed by atoms with Gasteiger partial charge in [0.15, 0.2) is 0 Å². The van der Waals surface area contributed by atoms with Crippen LogP contribution < -0.4 is 0 Å². The van der Waals surface area contributed by atoms with Crippen LogP contribution in [0.5, 0.6) is 0 Å². The Morgan fingerprint density at radius 3 is 2.70 bits per heavy atom. The molecule has 108 valence electrons. The molecule has 0 atom stereocenters. The average Bonchev–Trinajstić information content (AvgIpc) is 2.42. The van der Waals surface area contributed by atoms with Crippen LogP contribution in [-0.4, -0.2) is 23.8 Å². The first kappa shape index (κ1) is 16.8. The van der Waals surface area contributed by atoms with Gasteiger partial charge in [0.1, 0.15) is 0 Å². The van der Waals surface area contributed by atoms with Crippen molar-refractivity contribution in [3.05, 3.63) is 29.3 Å². The molecule has 0 unspecified atom stereocenters. The normalized spacial score (nSPS) is 10.4. The van der Waals surface area contributed by atoms with Crippen molar-refractivity contribution in [1.29, 1.82) is 0 Å². The molecule has 0 bridgehead atoms. The number of Topliss-reactive ketones (excluding diaryl/α,β-unsaturated/α-hetero) is 1. The zero-order valence-corrected chi connectivity index (χ0v) is 12.9. The van der Waals surface area contributed by atoms with E-state index in [9.17, 15) is 8.84 Å². The summed E-state index contributed by atoms with van der Waals surface area (Å²) in [4.78, 5) is 12.7. The third-order valence-electron chi connectivity index (χ3n) is 2.77. The number of unbranched alkanes of at least 4 members (excludes halogenated alkanes) is 1. The number of rotatable bonds is 4. The predicted octanol–water partition coefficient (Wildman–Crippen LogP) is 2.60. The molecule has 0 spiro atoms. The Kier molecular flexibility index (Phi) is 6.80. The summed E-state index contributed by atoms with van der Waals surface area (Å²) in [6.07, 6.45) is 2.83. The molecular formula is C16H20O3S. The fraction of sp³-hybridized carbons (Fsp3) is 0.438. The van der Waals surface area contributed by atoms with Crippen LogP contribution >= 0.6 is 0 Å². The van der Waals surface area contributed by atoms with E-state index in [-0.39, 0.29) is 18.3 Å². The van der Waals surface area contributed by atoms with Gasteiger partial charge in [-0.15, -0.1) is 0 Å². The zero-order valence-electron chi connectivity index (χ0n) is 12.1. The van der Waals surface area contributed by atoms with Crippen molar-refractivity contribution < 1.29 is 13.9 Å². The van der Waals surface area contributed by atoms with Gasteiger partial charge in [-0.1, -0.05) is 0 Å². The van der Waals surface area contributed by atoms with Gasteiger partial charge in [-0.3, -0.25) is 0 Å². The molecule has 0 saturated carbocycles. The third kappa shape index (κ3) is 4.68. The summed E-state index contributed by atoms with van der Waals surface area (Å²) in [5, 5.41) is 8.69. The second-order valence-corrected chi connectivity index (χ2v) is 6.16. The Balaban J connectivity index is 3.14. The Labute approximate surface area is 122 Å². The second-order valence-electron chi connectivity index (χ2n) is 4.81. The Morgan fingerprint density at radius 2 is 2.15 bits per heavy atom. The first-order valence-corrected chi connectivity index (χ1v) is 8.14. The van der Waals surface area contributed by atoms with Crippen LogP contribution in [0.3, 0.4) is 0 Å². The molecular weight excluding hydrogens is 272 g/mol. The maximum atomic E-state index is 12.2. The topological polar surface area (TPSA) is 57.2 Å². The predicted molar refractivity (Wildman–Crippen MR) is 81.0 cm³/mol. The molecule has 1 aromatic rings. The molecule has 0 saturated heterocycles. The number of hydrogen-bond acceptors (Lipinski definition) is 3. The quantitative estimate of drug-likeness (QED) is 0.305. The van der Waals surface area contributed by atoms with Crippen molar-refractivity contribution in [1.82, 2.24) is 0 Å². The summed E-state index contributed by atoms with van der Waals surface area (Å²) in [6, 6.07) is 5.20. The van der Waals surface area contributed by atoms with Gasteiger partial charge in [0.25, 0.3) is 0 Å². The molecule has 0 aromatic heterocycles. The van der Waals surface area contributed by atoms with Crippen LogP contribution in [0, 0.1) is 17.8 Å². The van der Waals surface area contributed by atoms with Crippen LogP contribution in [0.4, 0.5) is 0 Å². The van der Waals surface area contributed by atoms with Gasteiger partial charge in [0.05, 0.1) is 0 Å². The van der Waals surface area contributed by atoms with E-state index in [4.69, 9.17) is 5.11 Å². The summed E-state index contributed by atoms with van der Waals surface area (Å²) in [7, 11) is -1.20. The average molecular weight is 292 g/mol. The van der Waals surface area contributed by atoms with Crippen LogP contribution in [0.1, 0.15) is 42.6 Å². The van der Waals surface area contributed by atoms with Crippen LogP contribution in [0.25, 0.3) is 0 Å². The van der Waals surface area contributed by atoms with Crippen molar-refractivity contribution in [3.8, 4) is 11.8 Å². The molecule has 4 heteroatoms. The van der Waals surface area contributed by atoms with Crippen molar-refractivity contribution in [2.75, 3.05) is 12.9 Å². The van der Waals surface area contributed by atoms with Gasteiger partial charge in [0.2, 0.25) is 0 Å². The molecule has 1 rings (SSSR count). The molecule has 0 amide bonds. The molecule has 0 fully saturated rings. The van der Waals surface area contributed by atoms with Gasteiger partial charge in [-0.05, 0) is 0 Å². The van der Waals surface area contributed by atoms with Crippen molar-refractivity contribution >= 4 is 16.4 Å². The standard InChI is InChI=1S/C16H20O3S/c1-12(2)16(18)14-11-13(7-5-4-6-10-17)8-9-15(14)20(3)19/h8-9,11-12,17H,4,6,10H2,1-3H3. The van der Waals surface area contributed by atoms with E-state index in [0.717, 1.165) is 5.56 Å². The van der Waals surface area contributed by atoms with Gasteiger partial charge in [0, 0.05) is 0 Å². The number of ketones is 1. The molecule has 0 aliphatic rings. The molecule has 20 heavy (non-hydrogen) atoms. The van der Waals surface area contributed by atoms with Crippen molar-refractivity contribution in [2.45, 2.75) is 31.6 Å². The molecule has 0 aliphatic heterocycles. The van der Waals surface area contributed by atoms with E-state index < -0.39 is 10.6 Å². The van der Waals surface area contributed by atoms with E-state index in [1.165, 1.54) is 0 Å². The monoisotopic (exact) mass is 292 g/mol. The fourth-order valence-electron chi connectivity index (χ4n) is 1.69. The number of aliphatic hydroxyl groups is 1. The van der Waals surface area contributed by atoms with Gasteiger partial charge in [-0.25, -0.2) is 0 Å². The van der Waals surface area contributed by atoms with Crippen molar-refractivity contribution in [3.63, 3.8) is 0 Å². The summed E-state index contributed by atoms with van der Waals surface area (Å²) in [5.41, 5.74) is 1.23. The van der Waals surface area contributed by atoms with E-state index in [0.29, 0.717) is 23.3 Å². The maximum absolute atomic E-state index is 12.2. The van der Waals surface area contributed by atoms with E-state index in [1.54, 1.807) is 24.5 Å². The molecule has 0 aliphatic carbocycles. The molecule has 0 radical (unpaired) electrons. The first-order valence-electron chi connectivity index (χ1n) is 6.58. The molecule has 3 nitrogen and oxygen atoms in total. The number of aliphatic hydroxyl groups excluding tert-OH is 1. The number of hydrogen-bond donors (Lipinski definition) is 1. The molecule has 1 N–H and O–H groups in total. The van der Waals surface area contributed by atoms with E-state index in [2.05, 4.69) is 11.8 Å². The van der Waals surface area contributed by atoms with Crippen LogP contribution in [-0.2, 0) is 14.7 Å². The summed E-state index contributed by atoms with van der Waals surface area (Å²) < 4.78 is 11.7. The fourth-order valence-corrected chi connectivity index (χ4v) is 2.42. The number of carbonyl (C=O) groups is 1. The minimum absolute atomic E-state index is 0.0193. The van der Waals surface area contributed by atoms with E-state index in [1.807, 2.05) is 13.8 Å². The Morgan fingerprint density at radius 1 is 1.45 bits per heavy atom.